The smallest absolute Gasteiger partial charge is 0.0428 e. The van der Waals surface area contributed by atoms with Crippen LogP contribution in [-0.4, -0.2) is 30.6 Å². The molecular weight excluding hydrogens is 174 g/mol. The second-order valence-corrected chi connectivity index (χ2v) is 4.45. The lowest BCUT2D eigenvalue weighted by Crippen LogP contribution is -2.59. The van der Waals surface area contributed by atoms with E-state index in [9.17, 15) is 0 Å². The van der Waals surface area contributed by atoms with E-state index in [1.807, 2.05) is 6.08 Å². The minimum atomic E-state index is 0.239. The highest BCUT2D eigenvalue weighted by Gasteiger charge is 2.41. The van der Waals surface area contributed by atoms with Crippen LogP contribution in [0.4, 0.5) is 0 Å². The molecule has 3 heteroatoms. The van der Waals surface area contributed by atoms with E-state index < -0.39 is 0 Å². The molecule has 1 unspecified atom stereocenters. The van der Waals surface area contributed by atoms with Gasteiger partial charge in [0.1, 0.15) is 0 Å². The van der Waals surface area contributed by atoms with Crippen LogP contribution in [0.1, 0.15) is 32.1 Å². The molecule has 0 aliphatic heterocycles. The molecule has 1 aliphatic carbocycles. The van der Waals surface area contributed by atoms with Crippen molar-refractivity contribution in [1.82, 2.24) is 10.3 Å². The van der Waals surface area contributed by atoms with E-state index in [1.54, 1.807) is 0 Å². The second-order valence-electron chi connectivity index (χ2n) is 4.45. The molecule has 1 rings (SSSR count). The fourth-order valence-electron chi connectivity index (χ4n) is 2.70. The van der Waals surface area contributed by atoms with E-state index in [1.165, 1.54) is 25.7 Å². The Morgan fingerprint density at radius 1 is 1.50 bits per heavy atom. The van der Waals surface area contributed by atoms with E-state index in [4.69, 9.17) is 5.84 Å². The van der Waals surface area contributed by atoms with Crippen LogP contribution in [0.2, 0.25) is 0 Å². The van der Waals surface area contributed by atoms with Gasteiger partial charge in [0.15, 0.2) is 0 Å². The van der Waals surface area contributed by atoms with Crippen LogP contribution < -0.4 is 11.3 Å². The molecule has 1 aliphatic rings. The molecule has 0 aromatic rings. The van der Waals surface area contributed by atoms with Crippen molar-refractivity contribution in [3.8, 4) is 0 Å². The minimum absolute atomic E-state index is 0.239. The normalized spacial score (nSPS) is 22.6. The van der Waals surface area contributed by atoms with Gasteiger partial charge in [-0.3, -0.25) is 11.3 Å². The van der Waals surface area contributed by atoms with Crippen LogP contribution in [0, 0.1) is 0 Å². The summed E-state index contributed by atoms with van der Waals surface area (Å²) in [5.74, 6) is 5.64. The first-order valence-corrected chi connectivity index (χ1v) is 5.42. The van der Waals surface area contributed by atoms with E-state index in [0.29, 0.717) is 6.04 Å². The summed E-state index contributed by atoms with van der Waals surface area (Å²) < 4.78 is 0. The highest BCUT2D eigenvalue weighted by molar-refractivity contribution is 5.03. The zero-order valence-corrected chi connectivity index (χ0v) is 9.42. The Bertz CT molecular complexity index is 183. The van der Waals surface area contributed by atoms with E-state index in [2.05, 4.69) is 31.0 Å². The molecule has 1 atom stereocenters. The predicted molar refractivity (Wildman–Crippen MR) is 60.8 cm³/mol. The van der Waals surface area contributed by atoms with Crippen molar-refractivity contribution in [3.63, 3.8) is 0 Å². The number of hydrogen-bond donors (Lipinski definition) is 2. The first kappa shape index (κ1) is 11.7. The standard InChI is InChI=1S/C11H23N3/c1-4-7-10(13-12)11(14(2)3)8-5-6-9-11/h4,10,13H,1,5-9,12H2,2-3H3. The maximum atomic E-state index is 5.64. The quantitative estimate of drug-likeness (QED) is 0.396. The van der Waals surface area contributed by atoms with Crippen molar-refractivity contribution in [2.24, 2.45) is 5.84 Å². The lowest BCUT2D eigenvalue weighted by atomic mass is 9.85. The lowest BCUT2D eigenvalue weighted by Gasteiger charge is -2.42. The van der Waals surface area contributed by atoms with Crippen molar-refractivity contribution in [2.75, 3.05) is 14.1 Å². The van der Waals surface area contributed by atoms with Crippen LogP contribution in [0.5, 0.6) is 0 Å². The highest BCUT2D eigenvalue weighted by Crippen LogP contribution is 2.37. The third-order valence-corrected chi connectivity index (χ3v) is 3.61. The van der Waals surface area contributed by atoms with Gasteiger partial charge in [0, 0.05) is 11.6 Å². The highest BCUT2D eigenvalue weighted by atomic mass is 15.3. The Labute approximate surface area is 87.3 Å². The zero-order chi connectivity index (χ0) is 10.6. The molecule has 1 saturated carbocycles. The lowest BCUT2D eigenvalue weighted by molar-refractivity contribution is 0.106. The topological polar surface area (TPSA) is 41.3 Å². The van der Waals surface area contributed by atoms with Gasteiger partial charge in [-0.2, -0.15) is 0 Å². The van der Waals surface area contributed by atoms with Crippen LogP contribution in [0.25, 0.3) is 0 Å². The molecular formula is C11H23N3. The first-order valence-electron chi connectivity index (χ1n) is 5.42. The number of rotatable bonds is 5. The van der Waals surface area contributed by atoms with Gasteiger partial charge in [-0.15, -0.1) is 6.58 Å². The summed E-state index contributed by atoms with van der Waals surface area (Å²) in [5, 5.41) is 0. The molecule has 0 spiro atoms. The summed E-state index contributed by atoms with van der Waals surface area (Å²) in [7, 11) is 4.30. The Morgan fingerprint density at radius 3 is 2.43 bits per heavy atom. The van der Waals surface area contributed by atoms with Gasteiger partial charge in [0.25, 0.3) is 0 Å². The third-order valence-electron chi connectivity index (χ3n) is 3.61. The van der Waals surface area contributed by atoms with Gasteiger partial charge in [-0.1, -0.05) is 18.9 Å². The summed E-state index contributed by atoms with van der Waals surface area (Å²) in [6, 6.07) is 0.331. The summed E-state index contributed by atoms with van der Waals surface area (Å²) in [6.45, 7) is 3.80. The summed E-state index contributed by atoms with van der Waals surface area (Å²) in [6.07, 6.45) is 8.00. The maximum Gasteiger partial charge on any atom is 0.0428 e. The van der Waals surface area contributed by atoms with Crippen molar-refractivity contribution < 1.29 is 0 Å². The molecule has 0 bridgehead atoms. The van der Waals surface area contributed by atoms with Crippen molar-refractivity contribution >= 4 is 0 Å². The Morgan fingerprint density at radius 2 is 2.07 bits per heavy atom. The monoisotopic (exact) mass is 197 g/mol. The summed E-state index contributed by atoms with van der Waals surface area (Å²) in [5.41, 5.74) is 3.19. The van der Waals surface area contributed by atoms with Gasteiger partial charge in [0.2, 0.25) is 0 Å². The van der Waals surface area contributed by atoms with Gasteiger partial charge >= 0.3 is 0 Å². The third kappa shape index (κ3) is 2.00. The van der Waals surface area contributed by atoms with Crippen molar-refractivity contribution in [2.45, 2.75) is 43.7 Å². The maximum absolute atomic E-state index is 5.64. The fourth-order valence-corrected chi connectivity index (χ4v) is 2.70. The fraction of sp³-hybridized carbons (Fsp3) is 0.818. The molecule has 0 aromatic heterocycles. The van der Waals surface area contributed by atoms with Gasteiger partial charge < -0.3 is 4.90 Å². The first-order chi connectivity index (χ1) is 6.67. The zero-order valence-electron chi connectivity index (χ0n) is 9.42. The molecule has 14 heavy (non-hydrogen) atoms. The number of nitrogens with zero attached hydrogens (tertiary/aromatic N) is 1. The Hall–Kier alpha value is -0.380. The molecule has 0 amide bonds. The largest absolute Gasteiger partial charge is 0.302 e. The number of hydrazine groups is 1. The van der Waals surface area contributed by atoms with E-state index >= 15 is 0 Å². The second kappa shape index (κ2) is 4.91. The number of nitrogens with two attached hydrogens (primary N) is 1. The number of likely N-dealkylation sites (N-methyl/N-ethyl adjacent to an activating group) is 1. The van der Waals surface area contributed by atoms with Crippen molar-refractivity contribution in [1.29, 1.82) is 0 Å². The van der Waals surface area contributed by atoms with Gasteiger partial charge in [0.05, 0.1) is 0 Å². The molecule has 0 aromatic carbocycles. The van der Waals surface area contributed by atoms with Crippen LogP contribution in [-0.2, 0) is 0 Å². The predicted octanol–water partition coefficient (Wildman–Crippen LogP) is 1.27. The molecule has 0 saturated heterocycles. The van der Waals surface area contributed by atoms with E-state index in [-0.39, 0.29) is 5.54 Å². The van der Waals surface area contributed by atoms with Crippen LogP contribution >= 0.6 is 0 Å². The number of hydrogen-bond acceptors (Lipinski definition) is 3. The average molecular weight is 197 g/mol. The van der Waals surface area contributed by atoms with Crippen molar-refractivity contribution in [3.05, 3.63) is 12.7 Å². The van der Waals surface area contributed by atoms with E-state index in [0.717, 1.165) is 6.42 Å². The van der Waals surface area contributed by atoms with Crippen LogP contribution in [0.15, 0.2) is 12.7 Å². The molecule has 1 fully saturated rings. The molecule has 82 valence electrons. The molecule has 0 heterocycles. The minimum Gasteiger partial charge on any atom is -0.302 e. The van der Waals surface area contributed by atoms with Gasteiger partial charge in [-0.05, 0) is 33.4 Å². The van der Waals surface area contributed by atoms with Crippen LogP contribution in [0.3, 0.4) is 0 Å². The summed E-state index contributed by atoms with van der Waals surface area (Å²) in [4.78, 5) is 2.33. The van der Waals surface area contributed by atoms with Gasteiger partial charge in [-0.25, -0.2) is 0 Å². The molecule has 0 radical (unpaired) electrons. The Kier molecular flexibility index (Phi) is 4.11. The Balaban J connectivity index is 2.78. The summed E-state index contributed by atoms with van der Waals surface area (Å²) >= 11 is 0. The molecule has 3 N–H and O–H groups in total. The number of nitrogens with one attached hydrogen (secondary N) is 1. The molecule has 3 nitrogen and oxygen atoms in total. The average Bonchev–Trinajstić information content (AvgIpc) is 2.64. The SMILES string of the molecule is C=CCC(NN)C1(N(C)C)CCCC1.